The first kappa shape index (κ1) is 13.8. The van der Waals surface area contributed by atoms with E-state index in [9.17, 15) is 14.9 Å². The lowest BCUT2D eigenvalue weighted by Gasteiger charge is -2.10. The van der Waals surface area contributed by atoms with Crippen molar-refractivity contribution in [2.24, 2.45) is 5.92 Å². The lowest BCUT2D eigenvalue weighted by atomic mass is 10.1. The Labute approximate surface area is 115 Å². The number of hydrogen-bond donors (Lipinski definition) is 0. The van der Waals surface area contributed by atoms with E-state index in [4.69, 9.17) is 16.3 Å². The van der Waals surface area contributed by atoms with Crippen LogP contribution in [-0.4, -0.2) is 17.5 Å². The zero-order chi connectivity index (χ0) is 13.8. The van der Waals surface area contributed by atoms with E-state index >= 15 is 0 Å². The second-order valence-corrected chi connectivity index (χ2v) is 5.08. The highest BCUT2D eigenvalue weighted by atomic mass is 35.5. The number of nitro groups is 1. The van der Waals surface area contributed by atoms with E-state index in [-0.39, 0.29) is 16.3 Å². The van der Waals surface area contributed by atoms with Gasteiger partial charge in [-0.2, -0.15) is 0 Å². The second kappa shape index (κ2) is 6.02. The normalized spacial score (nSPS) is 15.4. The first-order chi connectivity index (χ1) is 9.08. The standard InChI is InChI=1S/C13H14ClNO4/c14-11-7-10(5-6-12(11)15(17)18)13(16)19-8-9-3-1-2-4-9/h5-7,9H,1-4,8H2. The number of nitrogens with zero attached hydrogens (tertiary/aromatic N) is 1. The summed E-state index contributed by atoms with van der Waals surface area (Å²) in [6.45, 7) is 0.410. The summed E-state index contributed by atoms with van der Waals surface area (Å²) >= 11 is 5.75. The highest BCUT2D eigenvalue weighted by Crippen LogP contribution is 2.27. The van der Waals surface area contributed by atoms with Crippen molar-refractivity contribution in [2.45, 2.75) is 25.7 Å². The van der Waals surface area contributed by atoms with Crippen LogP contribution >= 0.6 is 11.6 Å². The molecule has 1 aliphatic carbocycles. The molecule has 102 valence electrons. The number of ether oxygens (including phenoxy) is 1. The molecule has 1 aliphatic rings. The molecular weight excluding hydrogens is 270 g/mol. The van der Waals surface area contributed by atoms with Gasteiger partial charge in [0.1, 0.15) is 5.02 Å². The smallest absolute Gasteiger partial charge is 0.338 e. The number of hydrogen-bond acceptors (Lipinski definition) is 4. The molecule has 0 atom stereocenters. The molecular formula is C13H14ClNO4. The number of esters is 1. The molecule has 0 heterocycles. The summed E-state index contributed by atoms with van der Waals surface area (Å²) in [5, 5.41) is 10.6. The Bertz CT molecular complexity index is 497. The van der Waals surface area contributed by atoms with E-state index in [2.05, 4.69) is 0 Å². The summed E-state index contributed by atoms with van der Waals surface area (Å²) in [4.78, 5) is 21.8. The number of halogens is 1. The van der Waals surface area contributed by atoms with Gasteiger partial charge in [-0.25, -0.2) is 4.79 Å². The average Bonchev–Trinajstić information content (AvgIpc) is 2.88. The third-order valence-electron chi connectivity index (χ3n) is 3.30. The molecule has 1 aromatic carbocycles. The summed E-state index contributed by atoms with van der Waals surface area (Å²) in [7, 11) is 0. The van der Waals surface area contributed by atoms with Crippen molar-refractivity contribution < 1.29 is 14.5 Å². The van der Waals surface area contributed by atoms with Crippen molar-refractivity contribution in [3.05, 3.63) is 38.9 Å². The zero-order valence-corrected chi connectivity index (χ0v) is 11.1. The molecule has 1 fully saturated rings. The molecule has 0 saturated heterocycles. The fourth-order valence-corrected chi connectivity index (χ4v) is 2.49. The highest BCUT2D eigenvalue weighted by Gasteiger charge is 2.19. The van der Waals surface area contributed by atoms with Crippen LogP contribution in [0.1, 0.15) is 36.0 Å². The van der Waals surface area contributed by atoms with Crippen LogP contribution in [-0.2, 0) is 4.74 Å². The quantitative estimate of drug-likeness (QED) is 0.481. The van der Waals surface area contributed by atoms with Gasteiger partial charge in [0.05, 0.1) is 17.1 Å². The van der Waals surface area contributed by atoms with Crippen LogP contribution in [0.4, 0.5) is 5.69 Å². The van der Waals surface area contributed by atoms with E-state index in [1.54, 1.807) is 0 Å². The Balaban J connectivity index is 1.98. The predicted molar refractivity (Wildman–Crippen MR) is 70.3 cm³/mol. The zero-order valence-electron chi connectivity index (χ0n) is 10.3. The van der Waals surface area contributed by atoms with Crippen LogP contribution in [0.2, 0.25) is 5.02 Å². The summed E-state index contributed by atoms with van der Waals surface area (Å²) in [6.07, 6.45) is 4.56. The molecule has 0 bridgehead atoms. The van der Waals surface area contributed by atoms with E-state index in [0.717, 1.165) is 12.8 Å². The minimum Gasteiger partial charge on any atom is -0.462 e. The van der Waals surface area contributed by atoms with Crippen LogP contribution in [0.5, 0.6) is 0 Å². The van der Waals surface area contributed by atoms with Crippen LogP contribution in [0, 0.1) is 16.0 Å². The van der Waals surface area contributed by atoms with Crippen molar-refractivity contribution in [1.82, 2.24) is 0 Å². The second-order valence-electron chi connectivity index (χ2n) is 4.67. The molecule has 6 heteroatoms. The van der Waals surface area contributed by atoms with Crippen molar-refractivity contribution in [2.75, 3.05) is 6.61 Å². The maximum Gasteiger partial charge on any atom is 0.338 e. The first-order valence-electron chi connectivity index (χ1n) is 6.19. The molecule has 1 aromatic rings. The van der Waals surface area contributed by atoms with Crippen molar-refractivity contribution in [3.63, 3.8) is 0 Å². The Hall–Kier alpha value is -1.62. The van der Waals surface area contributed by atoms with Crippen molar-refractivity contribution >= 4 is 23.3 Å². The van der Waals surface area contributed by atoms with Crippen molar-refractivity contribution in [3.8, 4) is 0 Å². The maximum absolute atomic E-state index is 11.8. The number of rotatable bonds is 4. The monoisotopic (exact) mass is 283 g/mol. The molecule has 0 N–H and O–H groups in total. The van der Waals surface area contributed by atoms with Gasteiger partial charge >= 0.3 is 5.97 Å². The summed E-state index contributed by atoms with van der Waals surface area (Å²) in [6, 6.07) is 3.85. The molecule has 0 radical (unpaired) electrons. The average molecular weight is 284 g/mol. The Morgan fingerprint density at radius 3 is 2.68 bits per heavy atom. The van der Waals surface area contributed by atoms with Gasteiger partial charge in [-0.05, 0) is 30.9 Å². The van der Waals surface area contributed by atoms with Gasteiger partial charge < -0.3 is 4.74 Å². The van der Waals surface area contributed by atoms with Crippen LogP contribution in [0.15, 0.2) is 18.2 Å². The lowest BCUT2D eigenvalue weighted by Crippen LogP contribution is -2.12. The third-order valence-corrected chi connectivity index (χ3v) is 3.61. The maximum atomic E-state index is 11.8. The molecule has 0 unspecified atom stereocenters. The predicted octanol–water partition coefficient (Wildman–Crippen LogP) is 3.60. The Morgan fingerprint density at radius 1 is 1.42 bits per heavy atom. The topological polar surface area (TPSA) is 69.4 Å². The fraction of sp³-hybridized carbons (Fsp3) is 0.462. The van der Waals surface area contributed by atoms with E-state index in [1.807, 2.05) is 0 Å². The summed E-state index contributed by atoms with van der Waals surface area (Å²) in [5.41, 5.74) is 0.0302. The minimum absolute atomic E-state index is 0.0553. The lowest BCUT2D eigenvalue weighted by molar-refractivity contribution is -0.384. The van der Waals surface area contributed by atoms with Gasteiger partial charge in [0.15, 0.2) is 0 Å². The Morgan fingerprint density at radius 2 is 2.11 bits per heavy atom. The van der Waals surface area contributed by atoms with E-state index in [0.29, 0.717) is 12.5 Å². The molecule has 0 aliphatic heterocycles. The first-order valence-corrected chi connectivity index (χ1v) is 6.57. The molecule has 19 heavy (non-hydrogen) atoms. The molecule has 0 aromatic heterocycles. The molecule has 5 nitrogen and oxygen atoms in total. The fourth-order valence-electron chi connectivity index (χ4n) is 2.24. The van der Waals surface area contributed by atoms with Gasteiger partial charge in [0.25, 0.3) is 5.69 Å². The summed E-state index contributed by atoms with van der Waals surface area (Å²) < 4.78 is 5.20. The Kier molecular flexibility index (Phi) is 4.37. The van der Waals surface area contributed by atoms with Gasteiger partial charge in [-0.15, -0.1) is 0 Å². The van der Waals surface area contributed by atoms with Crippen molar-refractivity contribution in [1.29, 1.82) is 0 Å². The SMILES string of the molecule is O=C(OCC1CCCC1)c1ccc([N+](=O)[O-])c(Cl)c1. The minimum atomic E-state index is -0.587. The molecule has 1 saturated carbocycles. The van der Waals surface area contributed by atoms with E-state index < -0.39 is 10.9 Å². The van der Waals surface area contributed by atoms with Crippen LogP contribution in [0.25, 0.3) is 0 Å². The van der Waals surface area contributed by atoms with Gasteiger partial charge in [0, 0.05) is 6.07 Å². The van der Waals surface area contributed by atoms with Gasteiger partial charge in [-0.3, -0.25) is 10.1 Å². The third kappa shape index (κ3) is 3.44. The number of nitro benzene ring substituents is 1. The number of benzene rings is 1. The molecule has 0 amide bonds. The summed E-state index contributed by atoms with van der Waals surface area (Å²) in [5.74, 6) is -0.0406. The van der Waals surface area contributed by atoms with Crippen LogP contribution < -0.4 is 0 Å². The molecule has 0 spiro atoms. The van der Waals surface area contributed by atoms with Gasteiger partial charge in [0.2, 0.25) is 0 Å². The largest absolute Gasteiger partial charge is 0.462 e. The van der Waals surface area contributed by atoms with E-state index in [1.165, 1.54) is 31.0 Å². The van der Waals surface area contributed by atoms with Crippen LogP contribution in [0.3, 0.4) is 0 Å². The highest BCUT2D eigenvalue weighted by molar-refractivity contribution is 6.33. The molecule has 2 rings (SSSR count). The van der Waals surface area contributed by atoms with Gasteiger partial charge in [-0.1, -0.05) is 24.4 Å². The number of carbonyl (C=O) groups is 1. The number of carbonyl (C=O) groups excluding carboxylic acids is 1.